The van der Waals surface area contributed by atoms with E-state index in [1.165, 1.54) is 0 Å². The van der Waals surface area contributed by atoms with Crippen LogP contribution in [0.25, 0.3) is 0 Å². The minimum absolute atomic E-state index is 0.00176. The summed E-state index contributed by atoms with van der Waals surface area (Å²) in [4.78, 5) is 35.5. The Hall–Kier alpha value is -2.92. The van der Waals surface area contributed by atoms with Crippen molar-refractivity contribution in [3.8, 4) is 0 Å². The number of aliphatic imine (C=N–C) groups is 1. The molecular formula is C23H35N7O4. The maximum absolute atomic E-state index is 13.2. The fourth-order valence-corrected chi connectivity index (χ4v) is 4.74. The number of carbonyl (C=O) groups is 2. The number of hydrogen-bond acceptors (Lipinski definition) is 7. The third kappa shape index (κ3) is 5.41. The number of carbonyl (C=O) groups excluding carboxylic acids is 2. The molecule has 1 aromatic rings. The number of aryl methyl sites for hydroxylation is 1. The van der Waals surface area contributed by atoms with Gasteiger partial charge in [-0.1, -0.05) is 12.1 Å². The average Bonchev–Trinajstić information content (AvgIpc) is 3.47. The number of ether oxygens (including phenoxy) is 1. The number of amidine groups is 1. The fourth-order valence-electron chi connectivity index (χ4n) is 4.74. The smallest absolute Gasteiger partial charge is 0.320 e. The van der Waals surface area contributed by atoms with Crippen LogP contribution >= 0.6 is 0 Å². The summed E-state index contributed by atoms with van der Waals surface area (Å²) in [5.74, 6) is 0.0720. The van der Waals surface area contributed by atoms with Gasteiger partial charge in [-0.3, -0.25) is 9.69 Å². The van der Waals surface area contributed by atoms with Gasteiger partial charge in [0, 0.05) is 62.8 Å². The van der Waals surface area contributed by atoms with Crippen LogP contribution in [-0.4, -0.2) is 96.2 Å². The summed E-state index contributed by atoms with van der Waals surface area (Å²) in [6.07, 6.45) is 2.86. The van der Waals surface area contributed by atoms with E-state index in [4.69, 9.17) is 20.7 Å². The van der Waals surface area contributed by atoms with Crippen LogP contribution in [0.2, 0.25) is 0 Å². The Morgan fingerprint density at radius 3 is 2.65 bits per heavy atom. The van der Waals surface area contributed by atoms with Gasteiger partial charge in [0.2, 0.25) is 5.76 Å². The van der Waals surface area contributed by atoms with Crippen molar-refractivity contribution in [2.45, 2.75) is 39.2 Å². The Labute approximate surface area is 199 Å². The van der Waals surface area contributed by atoms with Gasteiger partial charge in [0.05, 0.1) is 18.8 Å². The number of urea groups is 1. The lowest BCUT2D eigenvalue weighted by Crippen LogP contribution is -2.57. The van der Waals surface area contributed by atoms with Crippen LogP contribution in [0.4, 0.5) is 4.79 Å². The molecule has 0 bridgehead atoms. The van der Waals surface area contributed by atoms with Gasteiger partial charge in [-0.2, -0.15) is 4.99 Å². The van der Waals surface area contributed by atoms with Gasteiger partial charge >= 0.3 is 11.9 Å². The van der Waals surface area contributed by atoms with Gasteiger partial charge in [-0.15, -0.1) is 0 Å². The lowest BCUT2D eigenvalue weighted by Gasteiger charge is -2.42. The quantitative estimate of drug-likeness (QED) is 0.472. The zero-order valence-corrected chi connectivity index (χ0v) is 20.0. The van der Waals surface area contributed by atoms with Gasteiger partial charge in [0.1, 0.15) is 5.84 Å². The van der Waals surface area contributed by atoms with Crippen molar-refractivity contribution < 1.29 is 18.8 Å². The van der Waals surface area contributed by atoms with E-state index in [-0.39, 0.29) is 36.8 Å². The van der Waals surface area contributed by atoms with Crippen molar-refractivity contribution >= 4 is 17.8 Å². The maximum Gasteiger partial charge on any atom is 0.320 e. The summed E-state index contributed by atoms with van der Waals surface area (Å²) in [5.41, 5.74) is 13.9. The van der Waals surface area contributed by atoms with Gasteiger partial charge in [0.15, 0.2) is 0 Å². The molecular weight excluding hydrogens is 438 g/mol. The van der Waals surface area contributed by atoms with Crippen molar-refractivity contribution in [2.75, 3.05) is 52.5 Å². The van der Waals surface area contributed by atoms with Gasteiger partial charge in [-0.05, 0) is 32.1 Å². The minimum Gasteiger partial charge on any atom is -0.400 e. The molecule has 34 heavy (non-hydrogen) atoms. The van der Waals surface area contributed by atoms with Crippen LogP contribution in [-0.2, 0) is 11.2 Å². The van der Waals surface area contributed by atoms with Crippen LogP contribution in [0, 0.1) is 5.92 Å². The lowest BCUT2D eigenvalue weighted by molar-refractivity contribution is 0.0296. The second-order valence-electron chi connectivity index (χ2n) is 9.33. The highest BCUT2D eigenvalue weighted by molar-refractivity contribution is 6.08. The number of amides is 3. The first-order valence-corrected chi connectivity index (χ1v) is 12.0. The van der Waals surface area contributed by atoms with Crippen LogP contribution < -0.4 is 11.5 Å². The third-order valence-electron chi connectivity index (χ3n) is 6.90. The van der Waals surface area contributed by atoms with E-state index in [2.05, 4.69) is 22.0 Å². The second kappa shape index (κ2) is 10.6. The molecule has 2 fully saturated rings. The summed E-state index contributed by atoms with van der Waals surface area (Å²) < 4.78 is 10.5. The monoisotopic (exact) mass is 473 g/mol. The molecule has 11 heteroatoms. The standard InChI is InChI=1S/C23H35N7O4/c1-3-17-10-20(34-27-17)22(31)26-21(25)18-13-30(14-19(18)24)23(32)29-7-6-28(15(2)11-29)12-16-4-8-33-9-5-16/h10,15-16H,3-9,11-14,24H2,1-2H3,(H2,25,26,31). The highest BCUT2D eigenvalue weighted by Crippen LogP contribution is 2.22. The molecule has 4 N–H and O–H groups in total. The zero-order valence-electron chi connectivity index (χ0n) is 20.0. The zero-order chi connectivity index (χ0) is 24.2. The number of rotatable bonds is 5. The molecule has 1 unspecified atom stereocenters. The fraction of sp³-hybridized carbons (Fsp3) is 0.652. The molecule has 186 valence electrons. The number of nitrogens with two attached hydrogens (primary N) is 2. The predicted molar refractivity (Wildman–Crippen MR) is 126 cm³/mol. The molecule has 2 saturated heterocycles. The Kier molecular flexibility index (Phi) is 7.52. The van der Waals surface area contributed by atoms with E-state index >= 15 is 0 Å². The molecule has 4 heterocycles. The molecule has 1 aromatic heterocycles. The summed E-state index contributed by atoms with van der Waals surface area (Å²) >= 11 is 0. The third-order valence-corrected chi connectivity index (χ3v) is 6.90. The molecule has 0 spiro atoms. The maximum atomic E-state index is 13.2. The number of aromatic nitrogens is 1. The van der Waals surface area contributed by atoms with Gasteiger partial charge in [-0.25, -0.2) is 4.79 Å². The Morgan fingerprint density at radius 1 is 1.21 bits per heavy atom. The van der Waals surface area contributed by atoms with E-state index in [0.717, 1.165) is 39.1 Å². The van der Waals surface area contributed by atoms with E-state index in [1.807, 2.05) is 11.8 Å². The lowest BCUT2D eigenvalue weighted by atomic mass is 9.98. The Bertz CT molecular complexity index is 966. The molecule has 0 aliphatic carbocycles. The molecule has 11 nitrogen and oxygen atoms in total. The largest absolute Gasteiger partial charge is 0.400 e. The van der Waals surface area contributed by atoms with Crippen LogP contribution in [0.3, 0.4) is 0 Å². The van der Waals surface area contributed by atoms with Crippen LogP contribution in [0.15, 0.2) is 26.9 Å². The SMILES string of the molecule is CCc1cc(C(=O)N=C(N)C2=C(N)CN(C(=O)N3CCN(CC4CCOCC4)C(C)C3)C2)on1. The van der Waals surface area contributed by atoms with Gasteiger partial charge < -0.3 is 30.5 Å². The molecule has 3 amide bonds. The average molecular weight is 474 g/mol. The number of nitrogens with zero attached hydrogens (tertiary/aromatic N) is 5. The first-order valence-electron chi connectivity index (χ1n) is 12.0. The van der Waals surface area contributed by atoms with Crippen molar-refractivity contribution in [3.05, 3.63) is 28.8 Å². The van der Waals surface area contributed by atoms with Crippen molar-refractivity contribution in [1.82, 2.24) is 19.9 Å². The molecule has 0 aromatic carbocycles. The van der Waals surface area contributed by atoms with Crippen molar-refractivity contribution in [3.63, 3.8) is 0 Å². The number of piperazine rings is 1. The van der Waals surface area contributed by atoms with Crippen LogP contribution in [0.5, 0.6) is 0 Å². The van der Waals surface area contributed by atoms with E-state index < -0.39 is 5.91 Å². The summed E-state index contributed by atoms with van der Waals surface area (Å²) in [5, 5.41) is 3.80. The normalized spacial score (nSPS) is 23.1. The summed E-state index contributed by atoms with van der Waals surface area (Å²) in [7, 11) is 0. The predicted octanol–water partition coefficient (Wildman–Crippen LogP) is 0.816. The minimum atomic E-state index is -0.621. The second-order valence-corrected chi connectivity index (χ2v) is 9.33. The first kappa shape index (κ1) is 24.2. The summed E-state index contributed by atoms with van der Waals surface area (Å²) in [6.45, 7) is 9.50. The van der Waals surface area contributed by atoms with E-state index in [0.29, 0.717) is 42.4 Å². The molecule has 4 rings (SSSR count). The Morgan fingerprint density at radius 2 is 1.97 bits per heavy atom. The van der Waals surface area contributed by atoms with E-state index in [1.54, 1.807) is 11.0 Å². The molecule has 3 aliphatic rings. The van der Waals surface area contributed by atoms with Crippen molar-refractivity contribution in [2.24, 2.45) is 22.4 Å². The van der Waals surface area contributed by atoms with Gasteiger partial charge in [0.25, 0.3) is 0 Å². The Balaban J connectivity index is 1.32. The summed E-state index contributed by atoms with van der Waals surface area (Å²) in [6, 6.07) is 1.76. The van der Waals surface area contributed by atoms with Crippen LogP contribution in [0.1, 0.15) is 42.9 Å². The number of hydrogen-bond donors (Lipinski definition) is 2. The first-order chi connectivity index (χ1) is 16.4. The van der Waals surface area contributed by atoms with Crippen molar-refractivity contribution in [1.29, 1.82) is 0 Å². The molecule has 0 radical (unpaired) electrons. The topological polar surface area (TPSA) is 144 Å². The van der Waals surface area contributed by atoms with E-state index in [9.17, 15) is 9.59 Å². The molecule has 0 saturated carbocycles. The molecule has 1 atom stereocenters. The molecule has 3 aliphatic heterocycles. The highest BCUT2D eigenvalue weighted by Gasteiger charge is 2.34. The highest BCUT2D eigenvalue weighted by atomic mass is 16.5.